The largest absolute Gasteiger partial charge is 0.491 e. The highest BCUT2D eigenvalue weighted by Crippen LogP contribution is 2.28. The first-order chi connectivity index (χ1) is 12.8. The van der Waals surface area contributed by atoms with E-state index >= 15 is 0 Å². The number of halogens is 5. The minimum Gasteiger partial charge on any atom is -0.491 e. The van der Waals surface area contributed by atoms with Gasteiger partial charge in [0.25, 0.3) is 0 Å². The van der Waals surface area contributed by atoms with Gasteiger partial charge in [0.05, 0.1) is 11.7 Å². The maximum absolute atomic E-state index is 13.5. The number of nitrogens with zero attached hydrogens (tertiary/aromatic N) is 2. The highest BCUT2D eigenvalue weighted by atomic mass is 35.5. The average Bonchev–Trinajstić information content (AvgIpc) is 2.62. The van der Waals surface area contributed by atoms with Crippen molar-refractivity contribution in [2.75, 3.05) is 6.61 Å². The van der Waals surface area contributed by atoms with Gasteiger partial charge in [-0.2, -0.15) is 0 Å². The monoisotopic (exact) mass is 465 g/mol. The fraction of sp³-hybridized carbons (Fsp3) is 0.167. The lowest BCUT2D eigenvalue weighted by molar-refractivity contribution is 0.0694. The molecule has 0 unspecified atom stereocenters. The quantitative estimate of drug-likeness (QED) is 0.532. The molecule has 3 N–H and O–H groups in total. The van der Waals surface area contributed by atoms with E-state index in [1.165, 1.54) is 24.3 Å². The van der Waals surface area contributed by atoms with Crippen molar-refractivity contribution in [2.24, 2.45) is 5.73 Å². The Morgan fingerprint density at radius 3 is 2.62 bits per heavy atom. The number of carbonyl (C=O) groups is 1. The minimum atomic E-state index is -1.27. The fourth-order valence-electron chi connectivity index (χ4n) is 2.59. The Labute approximate surface area is 181 Å². The SMILES string of the molecule is Cl.Cl.N[C@@H](COc1ccc2ncc(F)cc2c1C(=O)O)Cc1ccc(F)c(Cl)n1. The van der Waals surface area contributed by atoms with Crippen LogP contribution in [0.5, 0.6) is 5.75 Å². The van der Waals surface area contributed by atoms with Crippen molar-refractivity contribution in [3.05, 3.63) is 64.6 Å². The van der Waals surface area contributed by atoms with Crippen molar-refractivity contribution >= 4 is 53.3 Å². The molecular formula is C18H16Cl3F2N3O3. The van der Waals surface area contributed by atoms with Crippen molar-refractivity contribution in [3.63, 3.8) is 0 Å². The summed E-state index contributed by atoms with van der Waals surface area (Å²) >= 11 is 5.63. The van der Waals surface area contributed by atoms with Crippen LogP contribution in [0.2, 0.25) is 5.15 Å². The molecule has 3 aromatic rings. The van der Waals surface area contributed by atoms with Crippen LogP contribution in [0, 0.1) is 11.6 Å². The number of aromatic nitrogens is 2. The minimum absolute atomic E-state index is 0. The first-order valence-corrected chi connectivity index (χ1v) is 8.24. The number of aromatic carboxylic acids is 1. The number of nitrogens with two attached hydrogens (primary N) is 1. The molecule has 0 aliphatic rings. The summed E-state index contributed by atoms with van der Waals surface area (Å²) in [5.41, 5.74) is 6.59. The third-order valence-corrected chi connectivity index (χ3v) is 4.06. The molecule has 1 aromatic carbocycles. The van der Waals surface area contributed by atoms with Gasteiger partial charge < -0.3 is 15.6 Å². The summed E-state index contributed by atoms with van der Waals surface area (Å²) in [7, 11) is 0. The third kappa shape index (κ3) is 5.86. The molecule has 2 aromatic heterocycles. The second-order valence-electron chi connectivity index (χ2n) is 5.81. The van der Waals surface area contributed by atoms with Gasteiger partial charge in [-0.05, 0) is 30.3 Å². The molecular weight excluding hydrogens is 451 g/mol. The average molecular weight is 467 g/mol. The third-order valence-electron chi connectivity index (χ3n) is 3.79. The Balaban J connectivity index is 0.00000210. The van der Waals surface area contributed by atoms with Crippen LogP contribution in [-0.2, 0) is 6.42 Å². The smallest absolute Gasteiger partial charge is 0.340 e. The normalized spacial score (nSPS) is 11.3. The molecule has 0 spiro atoms. The number of rotatable bonds is 6. The zero-order valence-electron chi connectivity index (χ0n) is 14.6. The molecule has 0 saturated heterocycles. The van der Waals surface area contributed by atoms with Gasteiger partial charge in [0.1, 0.15) is 23.7 Å². The molecule has 6 nitrogen and oxygen atoms in total. The lowest BCUT2D eigenvalue weighted by Gasteiger charge is -2.15. The van der Waals surface area contributed by atoms with E-state index in [4.69, 9.17) is 22.1 Å². The van der Waals surface area contributed by atoms with Gasteiger partial charge in [-0.25, -0.2) is 18.6 Å². The summed E-state index contributed by atoms with van der Waals surface area (Å²) in [4.78, 5) is 19.4. The summed E-state index contributed by atoms with van der Waals surface area (Å²) in [6.45, 7) is -0.0365. The Kier molecular flexibility index (Phi) is 8.97. The number of hydrogen-bond acceptors (Lipinski definition) is 5. The van der Waals surface area contributed by atoms with Crippen LogP contribution in [0.1, 0.15) is 16.1 Å². The van der Waals surface area contributed by atoms with Gasteiger partial charge in [-0.3, -0.25) is 4.98 Å². The molecule has 3 rings (SSSR count). The van der Waals surface area contributed by atoms with Crippen LogP contribution in [0.15, 0.2) is 36.5 Å². The molecule has 156 valence electrons. The van der Waals surface area contributed by atoms with Gasteiger partial charge in [-0.15, -0.1) is 24.8 Å². The standard InChI is InChI=1S/C18H14ClF2N3O3.2ClH/c19-17-13(21)2-1-11(24-17)6-10(22)8-27-15-4-3-14-12(16(15)18(25)26)5-9(20)7-23-14;;/h1-5,7,10H,6,8,22H2,(H,25,26);2*1H/t10-;;/m1../s1. The van der Waals surface area contributed by atoms with Gasteiger partial charge in [-0.1, -0.05) is 11.6 Å². The Hall–Kier alpha value is -2.26. The summed E-state index contributed by atoms with van der Waals surface area (Å²) in [6.07, 6.45) is 1.25. The Morgan fingerprint density at radius 2 is 1.97 bits per heavy atom. The van der Waals surface area contributed by atoms with Crippen LogP contribution >= 0.6 is 36.4 Å². The summed E-state index contributed by atoms with van der Waals surface area (Å²) in [6, 6.07) is 6.14. The number of carboxylic acids is 1. The maximum atomic E-state index is 13.5. The molecule has 0 aliphatic heterocycles. The van der Waals surface area contributed by atoms with Crippen LogP contribution in [-0.4, -0.2) is 33.7 Å². The topological polar surface area (TPSA) is 98.3 Å². The van der Waals surface area contributed by atoms with Crippen molar-refractivity contribution in [1.82, 2.24) is 9.97 Å². The molecule has 2 heterocycles. The van der Waals surface area contributed by atoms with E-state index in [-0.39, 0.29) is 59.7 Å². The zero-order chi connectivity index (χ0) is 19.6. The van der Waals surface area contributed by atoms with Crippen molar-refractivity contribution in [1.29, 1.82) is 0 Å². The van der Waals surface area contributed by atoms with Crippen LogP contribution in [0.25, 0.3) is 10.9 Å². The number of benzene rings is 1. The van der Waals surface area contributed by atoms with Crippen LogP contribution in [0.4, 0.5) is 8.78 Å². The summed E-state index contributed by atoms with van der Waals surface area (Å²) < 4.78 is 32.2. The molecule has 1 atom stereocenters. The number of carboxylic acid groups (broad SMARTS) is 1. The van der Waals surface area contributed by atoms with Gasteiger partial charge in [0.2, 0.25) is 0 Å². The molecule has 29 heavy (non-hydrogen) atoms. The van der Waals surface area contributed by atoms with Crippen molar-refractivity contribution < 1.29 is 23.4 Å². The van der Waals surface area contributed by atoms with E-state index in [0.717, 1.165) is 12.3 Å². The first kappa shape index (κ1) is 24.8. The predicted octanol–water partition coefficient (Wildman–Crippen LogP) is 4.05. The number of pyridine rings is 2. The Morgan fingerprint density at radius 1 is 1.24 bits per heavy atom. The lowest BCUT2D eigenvalue weighted by Crippen LogP contribution is -2.30. The number of ether oxygens (including phenoxy) is 1. The van der Waals surface area contributed by atoms with Gasteiger partial charge in [0.15, 0.2) is 11.0 Å². The molecule has 0 amide bonds. The summed E-state index contributed by atoms with van der Waals surface area (Å²) in [5, 5.41) is 9.36. The Bertz CT molecular complexity index is 1020. The van der Waals surface area contributed by atoms with E-state index in [9.17, 15) is 18.7 Å². The maximum Gasteiger partial charge on any atom is 0.340 e. The van der Waals surface area contributed by atoms with Crippen LogP contribution in [0.3, 0.4) is 0 Å². The lowest BCUT2D eigenvalue weighted by atomic mass is 10.1. The second-order valence-corrected chi connectivity index (χ2v) is 6.17. The van der Waals surface area contributed by atoms with Gasteiger partial charge >= 0.3 is 5.97 Å². The van der Waals surface area contributed by atoms with E-state index in [2.05, 4.69) is 9.97 Å². The first-order valence-electron chi connectivity index (χ1n) is 7.86. The zero-order valence-corrected chi connectivity index (χ0v) is 17.0. The van der Waals surface area contributed by atoms with Crippen molar-refractivity contribution in [3.8, 4) is 5.75 Å². The molecule has 11 heteroatoms. The predicted molar refractivity (Wildman–Crippen MR) is 110 cm³/mol. The van der Waals surface area contributed by atoms with Gasteiger partial charge in [0, 0.05) is 23.5 Å². The van der Waals surface area contributed by atoms with E-state index in [0.29, 0.717) is 11.2 Å². The van der Waals surface area contributed by atoms with E-state index < -0.39 is 23.6 Å². The molecule has 0 aliphatic carbocycles. The van der Waals surface area contributed by atoms with Crippen molar-refractivity contribution in [2.45, 2.75) is 12.5 Å². The highest BCUT2D eigenvalue weighted by Gasteiger charge is 2.18. The second kappa shape index (κ2) is 10.5. The number of hydrogen-bond donors (Lipinski definition) is 2. The van der Waals surface area contributed by atoms with E-state index in [1.807, 2.05) is 0 Å². The molecule has 0 saturated carbocycles. The molecule has 0 fully saturated rings. The van der Waals surface area contributed by atoms with Crippen LogP contribution < -0.4 is 10.5 Å². The molecule has 0 bridgehead atoms. The van der Waals surface area contributed by atoms with E-state index in [1.54, 1.807) is 0 Å². The highest BCUT2D eigenvalue weighted by molar-refractivity contribution is 6.29. The molecule has 0 radical (unpaired) electrons. The number of fused-ring (bicyclic) bond motifs is 1. The fourth-order valence-corrected chi connectivity index (χ4v) is 2.76. The summed E-state index contributed by atoms with van der Waals surface area (Å²) in [5.74, 6) is -2.52.